The van der Waals surface area contributed by atoms with Crippen LogP contribution in [0, 0.1) is 5.92 Å². The molecule has 0 radical (unpaired) electrons. The average Bonchev–Trinajstić information content (AvgIpc) is 2.88. The first-order valence-electron chi connectivity index (χ1n) is 11.9. The molecule has 176 valence electrons. The van der Waals surface area contributed by atoms with Gasteiger partial charge in [0.25, 0.3) is 0 Å². The second kappa shape index (κ2) is 11.7. The van der Waals surface area contributed by atoms with Gasteiger partial charge in [-0.1, -0.05) is 72.8 Å². The molecule has 0 fully saturated rings. The highest BCUT2D eigenvalue weighted by Gasteiger charge is 2.27. The lowest BCUT2D eigenvalue weighted by Crippen LogP contribution is -2.38. The smallest absolute Gasteiger partial charge is 0.337 e. The standard InChI is InChI=1S/C29H31NO4/c31-20-26(30(18-22-8-3-1-4-9-22)19-23-10-5-2-6-11-23)17-24-14-15-27-25(16-24)12-7-13-28(27)34-29(33)21-32/h1-13,20,24,26,32H,14-19,21H2. The van der Waals surface area contributed by atoms with E-state index in [1.807, 2.05) is 42.5 Å². The molecular formula is C29H31NO4. The van der Waals surface area contributed by atoms with Gasteiger partial charge in [0.05, 0.1) is 6.04 Å². The average molecular weight is 458 g/mol. The number of carbonyl (C=O) groups excluding carboxylic acids is 2. The van der Waals surface area contributed by atoms with Crippen LogP contribution in [0.2, 0.25) is 0 Å². The van der Waals surface area contributed by atoms with Crippen LogP contribution >= 0.6 is 0 Å². The molecule has 5 nitrogen and oxygen atoms in total. The number of esters is 1. The fourth-order valence-corrected chi connectivity index (χ4v) is 4.86. The summed E-state index contributed by atoms with van der Waals surface area (Å²) >= 11 is 0. The summed E-state index contributed by atoms with van der Waals surface area (Å²) in [7, 11) is 0. The topological polar surface area (TPSA) is 66.8 Å². The zero-order valence-electron chi connectivity index (χ0n) is 19.3. The van der Waals surface area contributed by atoms with Gasteiger partial charge in [-0.25, -0.2) is 4.79 Å². The Bertz CT molecular complexity index is 1040. The van der Waals surface area contributed by atoms with E-state index in [1.165, 1.54) is 11.1 Å². The molecule has 0 spiro atoms. The van der Waals surface area contributed by atoms with E-state index in [4.69, 9.17) is 9.84 Å². The van der Waals surface area contributed by atoms with Crippen LogP contribution in [-0.4, -0.2) is 34.9 Å². The summed E-state index contributed by atoms with van der Waals surface area (Å²) in [5, 5.41) is 9.02. The molecule has 0 bridgehead atoms. The highest BCUT2D eigenvalue weighted by molar-refractivity contribution is 5.74. The SMILES string of the molecule is O=CC(CC1CCc2c(cccc2OC(=O)CO)C1)N(Cc1ccccc1)Cc1ccccc1. The van der Waals surface area contributed by atoms with Crippen LogP contribution in [-0.2, 0) is 35.5 Å². The Morgan fingerprint density at radius 3 is 2.21 bits per heavy atom. The summed E-state index contributed by atoms with van der Waals surface area (Å²) in [6, 6.07) is 26.1. The number of hydrogen-bond donors (Lipinski definition) is 1. The van der Waals surface area contributed by atoms with Crippen molar-refractivity contribution in [1.82, 2.24) is 4.90 Å². The van der Waals surface area contributed by atoms with Crippen molar-refractivity contribution in [1.29, 1.82) is 0 Å². The van der Waals surface area contributed by atoms with E-state index in [2.05, 4.69) is 35.2 Å². The summed E-state index contributed by atoms with van der Waals surface area (Å²) in [5.74, 6) is 0.256. The molecule has 0 aliphatic heterocycles. The van der Waals surface area contributed by atoms with E-state index in [1.54, 1.807) is 6.07 Å². The van der Waals surface area contributed by atoms with Crippen molar-refractivity contribution in [2.24, 2.45) is 5.92 Å². The quantitative estimate of drug-likeness (QED) is 0.279. The highest BCUT2D eigenvalue weighted by Crippen LogP contribution is 2.34. The molecule has 2 unspecified atom stereocenters. The van der Waals surface area contributed by atoms with Crippen molar-refractivity contribution in [3.8, 4) is 5.75 Å². The molecule has 1 aliphatic carbocycles. The number of aliphatic hydroxyl groups excluding tert-OH is 1. The van der Waals surface area contributed by atoms with Crippen molar-refractivity contribution in [2.45, 2.75) is 44.8 Å². The molecule has 0 aromatic heterocycles. The van der Waals surface area contributed by atoms with Gasteiger partial charge in [0.2, 0.25) is 0 Å². The zero-order valence-corrected chi connectivity index (χ0v) is 19.3. The fourth-order valence-electron chi connectivity index (χ4n) is 4.86. The van der Waals surface area contributed by atoms with Crippen LogP contribution in [0.15, 0.2) is 78.9 Å². The van der Waals surface area contributed by atoms with Crippen LogP contribution in [0.25, 0.3) is 0 Å². The number of benzene rings is 3. The first-order chi connectivity index (χ1) is 16.7. The third-order valence-corrected chi connectivity index (χ3v) is 6.55. The second-order valence-corrected chi connectivity index (χ2v) is 8.95. The molecular weight excluding hydrogens is 426 g/mol. The minimum atomic E-state index is -0.644. The highest BCUT2D eigenvalue weighted by atomic mass is 16.5. The van der Waals surface area contributed by atoms with Crippen molar-refractivity contribution in [2.75, 3.05) is 6.61 Å². The maximum absolute atomic E-state index is 12.3. The molecule has 34 heavy (non-hydrogen) atoms. The fraction of sp³-hybridized carbons (Fsp3) is 0.310. The van der Waals surface area contributed by atoms with Crippen LogP contribution < -0.4 is 4.74 Å². The molecule has 0 saturated heterocycles. The molecule has 0 amide bonds. The van der Waals surface area contributed by atoms with Crippen LogP contribution in [0.4, 0.5) is 0 Å². The molecule has 3 aromatic rings. The van der Waals surface area contributed by atoms with Gasteiger partial charge < -0.3 is 14.6 Å². The summed E-state index contributed by atoms with van der Waals surface area (Å²) in [5.41, 5.74) is 4.57. The third-order valence-electron chi connectivity index (χ3n) is 6.55. The Kier molecular flexibility index (Phi) is 8.23. The lowest BCUT2D eigenvalue weighted by Gasteiger charge is -2.33. The van der Waals surface area contributed by atoms with E-state index in [-0.39, 0.29) is 6.04 Å². The number of hydrogen-bond acceptors (Lipinski definition) is 5. The first-order valence-corrected chi connectivity index (χ1v) is 11.9. The van der Waals surface area contributed by atoms with Crippen LogP contribution in [0.5, 0.6) is 5.75 Å². The molecule has 4 rings (SSSR count). The van der Waals surface area contributed by atoms with Gasteiger partial charge in [-0.15, -0.1) is 0 Å². The first kappa shape index (κ1) is 23.9. The van der Waals surface area contributed by atoms with Gasteiger partial charge in [-0.3, -0.25) is 4.90 Å². The number of nitrogens with zero attached hydrogens (tertiary/aromatic N) is 1. The Morgan fingerprint density at radius 1 is 0.971 bits per heavy atom. The lowest BCUT2D eigenvalue weighted by molar-refractivity contribution is -0.137. The van der Waals surface area contributed by atoms with E-state index < -0.39 is 12.6 Å². The normalized spacial score (nSPS) is 16.0. The minimum Gasteiger partial charge on any atom is -0.425 e. The maximum atomic E-state index is 12.3. The molecule has 1 aliphatic rings. The number of carbonyl (C=O) groups is 2. The predicted molar refractivity (Wildman–Crippen MR) is 131 cm³/mol. The number of ether oxygens (including phenoxy) is 1. The molecule has 0 saturated carbocycles. The van der Waals surface area contributed by atoms with E-state index in [9.17, 15) is 9.59 Å². The summed E-state index contributed by atoms with van der Waals surface area (Å²) in [6.45, 7) is 0.791. The number of fused-ring (bicyclic) bond motifs is 1. The number of rotatable bonds is 10. The molecule has 5 heteroatoms. The molecule has 1 N–H and O–H groups in total. The summed E-state index contributed by atoms with van der Waals surface area (Å²) < 4.78 is 5.32. The van der Waals surface area contributed by atoms with Crippen LogP contribution in [0.3, 0.4) is 0 Å². The Labute approximate surface area is 201 Å². The largest absolute Gasteiger partial charge is 0.425 e. The van der Waals surface area contributed by atoms with Crippen LogP contribution in [0.1, 0.15) is 35.1 Å². The van der Waals surface area contributed by atoms with Gasteiger partial charge in [0, 0.05) is 13.1 Å². The van der Waals surface area contributed by atoms with Crippen molar-refractivity contribution in [3.63, 3.8) is 0 Å². The summed E-state index contributed by atoms with van der Waals surface area (Å²) in [6.07, 6.45) is 4.44. The predicted octanol–water partition coefficient (Wildman–Crippen LogP) is 4.35. The van der Waals surface area contributed by atoms with Crippen molar-refractivity contribution in [3.05, 3.63) is 101 Å². The van der Waals surface area contributed by atoms with E-state index in [0.29, 0.717) is 24.8 Å². The Balaban J connectivity index is 1.49. The summed E-state index contributed by atoms with van der Waals surface area (Å²) in [4.78, 5) is 26.2. The monoisotopic (exact) mass is 457 g/mol. The van der Waals surface area contributed by atoms with E-state index >= 15 is 0 Å². The number of aldehydes is 1. The van der Waals surface area contributed by atoms with Gasteiger partial charge in [0.15, 0.2) is 0 Å². The second-order valence-electron chi connectivity index (χ2n) is 8.95. The maximum Gasteiger partial charge on any atom is 0.337 e. The van der Waals surface area contributed by atoms with Gasteiger partial charge >= 0.3 is 5.97 Å². The molecule has 3 aromatic carbocycles. The third kappa shape index (κ3) is 6.19. The zero-order chi connectivity index (χ0) is 23.8. The minimum absolute atomic E-state index is 0.192. The molecule has 0 heterocycles. The Hall–Kier alpha value is -3.28. The van der Waals surface area contributed by atoms with Gasteiger partial charge in [-0.2, -0.15) is 0 Å². The molecule has 2 atom stereocenters. The van der Waals surface area contributed by atoms with Gasteiger partial charge in [-0.05, 0) is 59.9 Å². The van der Waals surface area contributed by atoms with Crippen molar-refractivity contribution >= 4 is 12.3 Å². The van der Waals surface area contributed by atoms with E-state index in [0.717, 1.165) is 43.1 Å². The van der Waals surface area contributed by atoms with Gasteiger partial charge in [0.1, 0.15) is 18.6 Å². The lowest BCUT2D eigenvalue weighted by atomic mass is 9.80. The van der Waals surface area contributed by atoms with Crippen molar-refractivity contribution < 1.29 is 19.4 Å². The Morgan fingerprint density at radius 2 is 1.62 bits per heavy atom. The number of aliphatic hydroxyl groups is 1.